The molecule has 1 heterocycles. The number of nitrogens with one attached hydrogen (secondary N) is 1. The lowest BCUT2D eigenvalue weighted by molar-refractivity contribution is 0.175. The normalized spacial score (nSPS) is 15.1. The molecule has 2 aromatic rings. The lowest BCUT2D eigenvalue weighted by Gasteiger charge is -2.30. The zero-order valence-electron chi connectivity index (χ0n) is 13.9. The summed E-state index contributed by atoms with van der Waals surface area (Å²) in [5.41, 5.74) is 1.11. The zero-order chi connectivity index (χ0) is 16.9. The molecule has 24 heavy (non-hydrogen) atoms. The average Bonchev–Trinajstić information content (AvgIpc) is 3.26. The van der Waals surface area contributed by atoms with E-state index in [1.807, 2.05) is 39.9 Å². The summed E-state index contributed by atoms with van der Waals surface area (Å²) in [6.07, 6.45) is 8.54. The summed E-state index contributed by atoms with van der Waals surface area (Å²) in [6.45, 7) is 3.59. The number of nitrogens with zero attached hydrogens (tertiary/aromatic N) is 3. The third-order valence-corrected chi connectivity index (χ3v) is 4.62. The van der Waals surface area contributed by atoms with E-state index >= 15 is 0 Å². The largest absolute Gasteiger partial charge is 0.338 e. The van der Waals surface area contributed by atoms with Gasteiger partial charge in [-0.2, -0.15) is 0 Å². The van der Waals surface area contributed by atoms with Crippen LogP contribution in [0.5, 0.6) is 0 Å². The highest BCUT2D eigenvalue weighted by atomic mass is 35.5. The van der Waals surface area contributed by atoms with E-state index in [-0.39, 0.29) is 12.1 Å². The molecular formula is C18H23ClN4O. The van der Waals surface area contributed by atoms with Crippen molar-refractivity contribution in [2.75, 3.05) is 6.54 Å². The molecule has 0 spiro atoms. The Kier molecular flexibility index (Phi) is 5.41. The molecule has 1 aliphatic rings. The smallest absolute Gasteiger partial charge is 0.318 e. The number of urea groups is 1. The van der Waals surface area contributed by atoms with Gasteiger partial charge in [-0.1, -0.05) is 23.7 Å². The number of aromatic nitrogens is 2. The molecule has 2 amide bonds. The maximum absolute atomic E-state index is 12.6. The van der Waals surface area contributed by atoms with E-state index in [0.717, 1.165) is 31.4 Å². The first-order valence-electron chi connectivity index (χ1n) is 8.42. The zero-order valence-corrected chi connectivity index (χ0v) is 14.6. The van der Waals surface area contributed by atoms with Crippen LogP contribution in [0.15, 0.2) is 43.0 Å². The Morgan fingerprint density at radius 1 is 1.42 bits per heavy atom. The Bertz CT molecular complexity index is 652. The second-order valence-electron chi connectivity index (χ2n) is 6.25. The fourth-order valence-electron chi connectivity index (χ4n) is 2.88. The first-order chi connectivity index (χ1) is 11.6. The summed E-state index contributed by atoms with van der Waals surface area (Å²) in [4.78, 5) is 18.6. The Morgan fingerprint density at radius 2 is 2.17 bits per heavy atom. The number of carbonyl (C=O) groups excluding carboxylic acids is 1. The van der Waals surface area contributed by atoms with Crippen molar-refractivity contribution in [2.24, 2.45) is 0 Å². The van der Waals surface area contributed by atoms with E-state index in [9.17, 15) is 4.79 Å². The molecule has 0 radical (unpaired) electrons. The van der Waals surface area contributed by atoms with Crippen molar-refractivity contribution in [2.45, 2.75) is 44.8 Å². The van der Waals surface area contributed by atoms with Crippen molar-refractivity contribution in [3.63, 3.8) is 0 Å². The summed E-state index contributed by atoms with van der Waals surface area (Å²) in [5, 5.41) is 3.77. The minimum absolute atomic E-state index is 0.0191. The lowest BCUT2D eigenvalue weighted by Crippen LogP contribution is -2.43. The molecule has 0 unspecified atom stereocenters. The van der Waals surface area contributed by atoms with Crippen LogP contribution in [0, 0.1) is 0 Å². The number of aryl methyl sites for hydroxylation is 1. The third-order valence-electron chi connectivity index (χ3n) is 4.37. The lowest BCUT2D eigenvalue weighted by atomic mass is 10.1. The molecule has 1 atom stereocenters. The van der Waals surface area contributed by atoms with E-state index in [4.69, 9.17) is 11.6 Å². The molecule has 0 saturated heterocycles. The van der Waals surface area contributed by atoms with Gasteiger partial charge in [0.15, 0.2) is 0 Å². The second kappa shape index (κ2) is 7.71. The van der Waals surface area contributed by atoms with Gasteiger partial charge in [0, 0.05) is 36.5 Å². The number of benzene rings is 1. The minimum atomic E-state index is 0.0191. The molecule has 5 nitrogen and oxygen atoms in total. The molecule has 1 N–H and O–H groups in total. The molecule has 1 aliphatic carbocycles. The molecule has 1 saturated carbocycles. The van der Waals surface area contributed by atoms with Crippen LogP contribution in [0.1, 0.15) is 37.8 Å². The Hall–Kier alpha value is -2.01. The van der Waals surface area contributed by atoms with E-state index in [0.29, 0.717) is 17.6 Å². The standard InChI is InChI=1S/C18H23ClN4O/c1-14(15-3-5-16(19)6-4-15)23(17-7-8-17)18(24)21-9-2-11-22-12-10-20-13-22/h3-6,10,12-14,17H,2,7-9,11H2,1H3,(H,21,24)/t14-/m1/s1. The van der Waals surface area contributed by atoms with Crippen LogP contribution in [0.25, 0.3) is 0 Å². The van der Waals surface area contributed by atoms with Gasteiger partial charge in [0.2, 0.25) is 0 Å². The van der Waals surface area contributed by atoms with Crippen LogP contribution in [0.4, 0.5) is 4.79 Å². The van der Waals surface area contributed by atoms with Gasteiger partial charge in [-0.05, 0) is 43.9 Å². The maximum Gasteiger partial charge on any atom is 0.318 e. The van der Waals surface area contributed by atoms with Gasteiger partial charge >= 0.3 is 6.03 Å². The van der Waals surface area contributed by atoms with Crippen LogP contribution in [0.3, 0.4) is 0 Å². The van der Waals surface area contributed by atoms with Crippen LogP contribution in [-0.2, 0) is 6.54 Å². The summed E-state index contributed by atoms with van der Waals surface area (Å²) in [6, 6.07) is 8.16. The monoisotopic (exact) mass is 346 g/mol. The number of rotatable bonds is 7. The van der Waals surface area contributed by atoms with Crippen LogP contribution >= 0.6 is 11.6 Å². The van der Waals surface area contributed by atoms with Gasteiger partial charge in [0.1, 0.15) is 0 Å². The Morgan fingerprint density at radius 3 is 2.79 bits per heavy atom. The summed E-state index contributed by atoms with van der Waals surface area (Å²) in [7, 11) is 0. The molecule has 128 valence electrons. The Labute approximate surface area is 147 Å². The van der Waals surface area contributed by atoms with Crippen molar-refractivity contribution in [1.29, 1.82) is 0 Å². The summed E-state index contributed by atoms with van der Waals surface area (Å²) in [5.74, 6) is 0. The van der Waals surface area contributed by atoms with Crippen LogP contribution in [-0.4, -0.2) is 33.1 Å². The number of carbonyl (C=O) groups is 1. The quantitative estimate of drug-likeness (QED) is 0.774. The highest BCUT2D eigenvalue weighted by molar-refractivity contribution is 6.30. The van der Waals surface area contributed by atoms with Crippen molar-refractivity contribution >= 4 is 17.6 Å². The van der Waals surface area contributed by atoms with Gasteiger partial charge in [-0.25, -0.2) is 9.78 Å². The Balaban J connectivity index is 1.54. The van der Waals surface area contributed by atoms with Crippen molar-refractivity contribution in [3.05, 3.63) is 53.6 Å². The van der Waals surface area contributed by atoms with Crippen LogP contribution in [0.2, 0.25) is 5.02 Å². The molecule has 1 fully saturated rings. The van der Waals surface area contributed by atoms with Gasteiger partial charge in [0.25, 0.3) is 0 Å². The first kappa shape index (κ1) is 16.8. The van der Waals surface area contributed by atoms with Crippen molar-refractivity contribution < 1.29 is 4.79 Å². The second-order valence-corrected chi connectivity index (χ2v) is 6.69. The fourth-order valence-corrected chi connectivity index (χ4v) is 3.01. The number of amides is 2. The van der Waals surface area contributed by atoms with Gasteiger partial charge in [0.05, 0.1) is 12.4 Å². The third kappa shape index (κ3) is 4.29. The van der Waals surface area contributed by atoms with E-state index in [1.165, 1.54) is 0 Å². The number of imidazole rings is 1. The van der Waals surface area contributed by atoms with Crippen LogP contribution < -0.4 is 5.32 Å². The highest BCUT2D eigenvalue weighted by Gasteiger charge is 2.36. The highest BCUT2D eigenvalue weighted by Crippen LogP contribution is 2.34. The van der Waals surface area contributed by atoms with E-state index < -0.39 is 0 Å². The number of hydrogen-bond acceptors (Lipinski definition) is 2. The molecule has 6 heteroatoms. The molecule has 0 aliphatic heterocycles. The van der Waals surface area contributed by atoms with Crippen molar-refractivity contribution in [1.82, 2.24) is 19.8 Å². The van der Waals surface area contributed by atoms with Gasteiger partial charge in [-0.15, -0.1) is 0 Å². The van der Waals surface area contributed by atoms with E-state index in [2.05, 4.69) is 17.2 Å². The first-order valence-corrected chi connectivity index (χ1v) is 8.80. The van der Waals surface area contributed by atoms with Gasteiger partial charge < -0.3 is 14.8 Å². The molecule has 1 aromatic heterocycles. The maximum atomic E-state index is 12.6. The predicted octanol–water partition coefficient (Wildman–Crippen LogP) is 3.86. The SMILES string of the molecule is C[C@H](c1ccc(Cl)cc1)N(C(=O)NCCCn1ccnc1)C1CC1. The fraction of sp³-hybridized carbons (Fsp3) is 0.444. The topological polar surface area (TPSA) is 50.2 Å². The molecular weight excluding hydrogens is 324 g/mol. The summed E-state index contributed by atoms with van der Waals surface area (Å²) >= 11 is 5.96. The molecule has 3 rings (SSSR count). The number of hydrogen-bond donors (Lipinski definition) is 1. The molecule has 0 bridgehead atoms. The minimum Gasteiger partial charge on any atom is -0.338 e. The average molecular weight is 347 g/mol. The van der Waals surface area contributed by atoms with Gasteiger partial charge in [-0.3, -0.25) is 0 Å². The predicted molar refractivity (Wildman–Crippen MR) is 95.0 cm³/mol. The molecule has 1 aromatic carbocycles. The van der Waals surface area contributed by atoms with E-state index in [1.54, 1.807) is 12.5 Å². The van der Waals surface area contributed by atoms with Crippen molar-refractivity contribution in [3.8, 4) is 0 Å². The summed E-state index contributed by atoms with van der Waals surface area (Å²) < 4.78 is 2.02. The number of halogens is 1.